The van der Waals surface area contributed by atoms with E-state index in [1.807, 2.05) is 25.1 Å². The first-order valence-electron chi connectivity index (χ1n) is 5.76. The molecule has 96 valence electrons. The molecule has 0 unspecified atom stereocenters. The van der Waals surface area contributed by atoms with Crippen molar-refractivity contribution in [2.24, 2.45) is 0 Å². The lowest BCUT2D eigenvalue weighted by atomic mass is 10.1. The molecular weight excluding hydrogens is 281 g/mol. The van der Waals surface area contributed by atoms with Crippen LogP contribution in [-0.2, 0) is 0 Å². The minimum Gasteiger partial charge on any atom is -0.399 e. The number of fused-ring (bicyclic) bond motifs is 1. The zero-order valence-electron chi connectivity index (χ0n) is 10.2. The van der Waals surface area contributed by atoms with Gasteiger partial charge in [0, 0.05) is 11.3 Å². The first kappa shape index (κ1) is 12.3. The van der Waals surface area contributed by atoms with Gasteiger partial charge in [0.1, 0.15) is 5.82 Å². The van der Waals surface area contributed by atoms with E-state index in [4.69, 9.17) is 28.9 Å². The Kier molecular flexibility index (Phi) is 2.88. The number of rotatable bonds is 1. The van der Waals surface area contributed by atoms with Gasteiger partial charge in [0.2, 0.25) is 0 Å². The Hall–Kier alpha value is -1.71. The average molecular weight is 292 g/mol. The van der Waals surface area contributed by atoms with E-state index in [9.17, 15) is 0 Å². The number of nitrogens with zero attached hydrogens (tertiary/aromatic N) is 1. The highest BCUT2D eigenvalue weighted by Crippen LogP contribution is 2.30. The minimum atomic E-state index is 0.501. The highest BCUT2D eigenvalue weighted by molar-refractivity contribution is 6.42. The van der Waals surface area contributed by atoms with Crippen LogP contribution in [0.25, 0.3) is 22.4 Å². The number of hydrogen-bond donors (Lipinski definition) is 2. The predicted octanol–water partition coefficient (Wildman–Crippen LogP) is 4.43. The summed E-state index contributed by atoms with van der Waals surface area (Å²) in [6.07, 6.45) is 0. The molecule has 0 radical (unpaired) electrons. The lowest BCUT2D eigenvalue weighted by Gasteiger charge is -2.03. The second-order valence-corrected chi connectivity index (χ2v) is 5.26. The number of aromatic nitrogens is 2. The Morgan fingerprint density at radius 3 is 2.58 bits per heavy atom. The Bertz CT molecular complexity index is 739. The van der Waals surface area contributed by atoms with Crippen LogP contribution in [0.3, 0.4) is 0 Å². The van der Waals surface area contributed by atoms with Crippen molar-refractivity contribution in [3.63, 3.8) is 0 Å². The van der Waals surface area contributed by atoms with Crippen LogP contribution in [0.2, 0.25) is 10.0 Å². The van der Waals surface area contributed by atoms with E-state index in [-0.39, 0.29) is 0 Å². The maximum atomic E-state index is 6.00. The van der Waals surface area contributed by atoms with E-state index < -0.39 is 0 Å². The summed E-state index contributed by atoms with van der Waals surface area (Å²) in [5.74, 6) is 0.783. The number of benzene rings is 2. The van der Waals surface area contributed by atoms with E-state index >= 15 is 0 Å². The third-order valence-electron chi connectivity index (χ3n) is 3.03. The maximum Gasteiger partial charge on any atom is 0.138 e. The van der Waals surface area contributed by atoms with E-state index in [0.29, 0.717) is 10.0 Å². The predicted molar refractivity (Wildman–Crippen MR) is 80.7 cm³/mol. The minimum absolute atomic E-state index is 0.501. The molecule has 1 heterocycles. The van der Waals surface area contributed by atoms with Gasteiger partial charge in [0.15, 0.2) is 0 Å². The van der Waals surface area contributed by atoms with Gasteiger partial charge in [0.25, 0.3) is 0 Å². The Balaban J connectivity index is 2.20. The van der Waals surface area contributed by atoms with E-state index in [1.54, 1.807) is 12.1 Å². The fraction of sp³-hybridized carbons (Fsp3) is 0.0714. The molecule has 0 fully saturated rings. The summed E-state index contributed by atoms with van der Waals surface area (Å²) >= 11 is 12.0. The second-order valence-electron chi connectivity index (χ2n) is 4.44. The van der Waals surface area contributed by atoms with Crippen molar-refractivity contribution in [1.29, 1.82) is 0 Å². The molecule has 19 heavy (non-hydrogen) atoms. The summed E-state index contributed by atoms with van der Waals surface area (Å²) in [5, 5.41) is 1.01. The molecule has 0 saturated carbocycles. The molecule has 0 bridgehead atoms. The third-order valence-corrected chi connectivity index (χ3v) is 3.75. The molecule has 3 rings (SSSR count). The van der Waals surface area contributed by atoms with Gasteiger partial charge in [-0.2, -0.15) is 0 Å². The van der Waals surface area contributed by atoms with Crippen LogP contribution >= 0.6 is 23.2 Å². The van der Waals surface area contributed by atoms with Crippen molar-refractivity contribution in [3.05, 3.63) is 45.9 Å². The van der Waals surface area contributed by atoms with Crippen LogP contribution < -0.4 is 5.73 Å². The van der Waals surface area contributed by atoms with Gasteiger partial charge in [-0.15, -0.1) is 0 Å². The fourth-order valence-corrected chi connectivity index (χ4v) is 2.41. The highest BCUT2D eigenvalue weighted by Gasteiger charge is 2.10. The summed E-state index contributed by atoms with van der Waals surface area (Å²) in [4.78, 5) is 7.78. The molecule has 0 atom stereocenters. The van der Waals surface area contributed by atoms with Crippen LogP contribution in [0.4, 0.5) is 5.69 Å². The first-order valence-corrected chi connectivity index (χ1v) is 6.51. The lowest BCUT2D eigenvalue weighted by Crippen LogP contribution is -1.89. The molecule has 0 spiro atoms. The topological polar surface area (TPSA) is 54.7 Å². The number of aromatic amines is 1. The van der Waals surface area contributed by atoms with Crippen LogP contribution in [0.5, 0.6) is 0 Å². The Morgan fingerprint density at radius 1 is 1.11 bits per heavy atom. The lowest BCUT2D eigenvalue weighted by molar-refractivity contribution is 1.31. The zero-order chi connectivity index (χ0) is 13.6. The van der Waals surface area contributed by atoms with Crippen LogP contribution in [0.15, 0.2) is 30.3 Å². The van der Waals surface area contributed by atoms with Gasteiger partial charge in [-0.05, 0) is 42.8 Å². The molecule has 0 aliphatic heterocycles. The third kappa shape index (κ3) is 2.15. The van der Waals surface area contributed by atoms with Gasteiger partial charge < -0.3 is 10.7 Å². The zero-order valence-corrected chi connectivity index (χ0v) is 11.7. The van der Waals surface area contributed by atoms with Gasteiger partial charge >= 0.3 is 0 Å². The summed E-state index contributed by atoms with van der Waals surface area (Å²) in [5.41, 5.74) is 10.2. The number of nitrogens with two attached hydrogens (primary N) is 1. The standard InChI is InChI=1S/C14H11Cl2N3/c1-7-4-8(17)2-3-9(7)14-18-12-5-10(15)11(16)6-13(12)19-14/h2-6H,17H2,1H3,(H,18,19). The summed E-state index contributed by atoms with van der Waals surface area (Å²) in [6, 6.07) is 9.26. The van der Waals surface area contributed by atoms with E-state index in [0.717, 1.165) is 33.7 Å². The summed E-state index contributed by atoms with van der Waals surface area (Å²) in [7, 11) is 0. The number of anilines is 1. The second kappa shape index (κ2) is 4.44. The number of nitrogen functional groups attached to an aromatic ring is 1. The Morgan fingerprint density at radius 2 is 1.84 bits per heavy atom. The molecule has 0 aliphatic rings. The van der Waals surface area contributed by atoms with E-state index in [2.05, 4.69) is 9.97 Å². The molecule has 0 saturated heterocycles. The van der Waals surface area contributed by atoms with Gasteiger partial charge in [-0.25, -0.2) is 4.98 Å². The summed E-state index contributed by atoms with van der Waals surface area (Å²) in [6.45, 7) is 2.00. The molecule has 0 amide bonds. The van der Waals surface area contributed by atoms with Crippen molar-refractivity contribution in [2.75, 3.05) is 5.73 Å². The highest BCUT2D eigenvalue weighted by atomic mass is 35.5. The summed E-state index contributed by atoms with van der Waals surface area (Å²) < 4.78 is 0. The molecule has 3 aromatic rings. The quantitative estimate of drug-likeness (QED) is 0.652. The molecule has 2 aromatic carbocycles. The average Bonchev–Trinajstić information content (AvgIpc) is 2.72. The smallest absolute Gasteiger partial charge is 0.138 e. The number of hydrogen-bond acceptors (Lipinski definition) is 2. The number of nitrogens with one attached hydrogen (secondary N) is 1. The molecule has 3 N–H and O–H groups in total. The monoisotopic (exact) mass is 291 g/mol. The van der Waals surface area contributed by atoms with Crippen LogP contribution in [-0.4, -0.2) is 9.97 Å². The van der Waals surface area contributed by atoms with Crippen LogP contribution in [0, 0.1) is 6.92 Å². The SMILES string of the molecule is Cc1cc(N)ccc1-c1nc2cc(Cl)c(Cl)cc2[nH]1. The Labute approximate surface area is 120 Å². The molecular formula is C14H11Cl2N3. The van der Waals surface area contributed by atoms with Crippen molar-refractivity contribution >= 4 is 39.9 Å². The van der Waals surface area contributed by atoms with E-state index in [1.165, 1.54) is 0 Å². The van der Waals surface area contributed by atoms with Gasteiger partial charge in [-0.3, -0.25) is 0 Å². The maximum absolute atomic E-state index is 6.00. The number of H-pyrrole nitrogens is 1. The molecule has 5 heteroatoms. The van der Waals surface area contributed by atoms with Crippen LogP contribution in [0.1, 0.15) is 5.56 Å². The van der Waals surface area contributed by atoms with Crippen molar-refractivity contribution < 1.29 is 0 Å². The van der Waals surface area contributed by atoms with Crippen molar-refractivity contribution in [1.82, 2.24) is 9.97 Å². The largest absolute Gasteiger partial charge is 0.399 e. The molecule has 1 aromatic heterocycles. The van der Waals surface area contributed by atoms with Gasteiger partial charge in [-0.1, -0.05) is 23.2 Å². The number of aryl methyl sites for hydroxylation is 1. The molecule has 0 aliphatic carbocycles. The first-order chi connectivity index (χ1) is 9.04. The fourth-order valence-electron chi connectivity index (χ4n) is 2.09. The molecule has 3 nitrogen and oxygen atoms in total. The number of imidazole rings is 1. The number of halogens is 2. The van der Waals surface area contributed by atoms with Crippen molar-refractivity contribution in [2.45, 2.75) is 6.92 Å². The van der Waals surface area contributed by atoms with Crippen molar-refractivity contribution in [3.8, 4) is 11.4 Å². The van der Waals surface area contributed by atoms with Gasteiger partial charge in [0.05, 0.1) is 21.1 Å². The normalized spacial score (nSPS) is 11.1.